The minimum Gasteiger partial charge on any atom is -0.320 e. The first-order valence-electron chi connectivity index (χ1n) is 5.97. The summed E-state index contributed by atoms with van der Waals surface area (Å²) in [6.45, 7) is 2.44. The Kier molecular flexibility index (Phi) is 3.42. The summed E-state index contributed by atoms with van der Waals surface area (Å²) < 4.78 is 0. The van der Waals surface area contributed by atoms with E-state index >= 15 is 0 Å². The van der Waals surface area contributed by atoms with Crippen LogP contribution in [0.4, 0.5) is 0 Å². The van der Waals surface area contributed by atoms with Crippen molar-refractivity contribution in [3.63, 3.8) is 0 Å². The number of hydrogen-bond acceptors (Lipinski definition) is 4. The van der Waals surface area contributed by atoms with Crippen LogP contribution in [0.3, 0.4) is 0 Å². The molecular weight excluding hydrogens is 222 g/mol. The fourth-order valence-corrected chi connectivity index (χ4v) is 2.25. The van der Waals surface area contributed by atoms with Gasteiger partial charge in [-0.15, -0.1) is 0 Å². The van der Waals surface area contributed by atoms with Gasteiger partial charge in [-0.25, -0.2) is 0 Å². The molecule has 0 bridgehead atoms. The fourth-order valence-electron chi connectivity index (χ4n) is 2.25. The van der Waals surface area contributed by atoms with E-state index in [-0.39, 0.29) is 18.5 Å². The number of carbonyl (C=O) groups excluding carboxylic acids is 3. The van der Waals surface area contributed by atoms with E-state index in [9.17, 15) is 14.4 Å². The monoisotopic (exact) mass is 239 g/mol. The molecule has 2 fully saturated rings. The Morgan fingerprint density at radius 1 is 1.35 bits per heavy atom. The summed E-state index contributed by atoms with van der Waals surface area (Å²) in [6, 6.07) is -0.811. The van der Waals surface area contributed by atoms with Gasteiger partial charge in [0, 0.05) is 0 Å². The van der Waals surface area contributed by atoms with E-state index in [4.69, 9.17) is 0 Å². The van der Waals surface area contributed by atoms with E-state index in [1.807, 2.05) is 0 Å². The van der Waals surface area contributed by atoms with Crippen molar-refractivity contribution in [1.82, 2.24) is 15.5 Å². The largest absolute Gasteiger partial charge is 0.320 e. The number of carbonyl (C=O) groups is 3. The molecule has 2 aliphatic rings. The maximum absolute atomic E-state index is 12.2. The second-order valence-electron chi connectivity index (χ2n) is 4.56. The standard InChI is InChI=1S/C11H17N3O3/c1-7-10(16)13-9(15)6-14(7)11(17)8-4-2-3-5-12-8/h7-8,12H,2-6H2,1H3,(H,13,15,16)/t7?,8-/m0/s1. The predicted molar refractivity (Wildman–Crippen MR) is 60.0 cm³/mol. The predicted octanol–water partition coefficient (Wildman–Crippen LogP) is -0.998. The Balaban J connectivity index is 2.06. The lowest BCUT2D eigenvalue weighted by Crippen LogP contribution is -2.62. The third kappa shape index (κ3) is 2.46. The van der Waals surface area contributed by atoms with E-state index in [1.165, 1.54) is 4.90 Å². The maximum atomic E-state index is 12.2. The number of piperazine rings is 1. The van der Waals surface area contributed by atoms with Crippen LogP contribution in [0.25, 0.3) is 0 Å². The molecule has 1 unspecified atom stereocenters. The van der Waals surface area contributed by atoms with Crippen LogP contribution >= 0.6 is 0 Å². The van der Waals surface area contributed by atoms with Gasteiger partial charge in [-0.3, -0.25) is 19.7 Å². The minimum atomic E-state index is -0.566. The highest BCUT2D eigenvalue weighted by molar-refractivity contribution is 6.04. The highest BCUT2D eigenvalue weighted by Gasteiger charge is 2.36. The van der Waals surface area contributed by atoms with Crippen molar-refractivity contribution in [3.8, 4) is 0 Å². The van der Waals surface area contributed by atoms with Crippen molar-refractivity contribution in [1.29, 1.82) is 0 Å². The molecule has 0 aliphatic carbocycles. The highest BCUT2D eigenvalue weighted by atomic mass is 16.2. The zero-order valence-corrected chi connectivity index (χ0v) is 9.86. The van der Waals surface area contributed by atoms with Crippen LogP contribution < -0.4 is 10.6 Å². The van der Waals surface area contributed by atoms with Crippen LogP contribution in [0, 0.1) is 0 Å². The highest BCUT2D eigenvalue weighted by Crippen LogP contribution is 2.13. The van der Waals surface area contributed by atoms with E-state index in [2.05, 4.69) is 10.6 Å². The summed E-state index contributed by atoms with van der Waals surface area (Å²) in [5.41, 5.74) is 0. The molecule has 0 aromatic heterocycles. The third-order valence-corrected chi connectivity index (χ3v) is 3.32. The van der Waals surface area contributed by atoms with Crippen LogP contribution in [0.1, 0.15) is 26.2 Å². The molecule has 0 aromatic carbocycles. The molecule has 6 heteroatoms. The van der Waals surface area contributed by atoms with Gasteiger partial charge >= 0.3 is 0 Å². The van der Waals surface area contributed by atoms with Crippen molar-refractivity contribution < 1.29 is 14.4 Å². The number of nitrogens with zero attached hydrogens (tertiary/aromatic N) is 1. The van der Waals surface area contributed by atoms with Gasteiger partial charge in [-0.05, 0) is 26.3 Å². The average molecular weight is 239 g/mol. The second-order valence-corrected chi connectivity index (χ2v) is 4.56. The number of imide groups is 1. The van der Waals surface area contributed by atoms with Crippen molar-refractivity contribution in [2.24, 2.45) is 0 Å². The van der Waals surface area contributed by atoms with Crippen LogP contribution in [0.5, 0.6) is 0 Å². The molecule has 0 aromatic rings. The van der Waals surface area contributed by atoms with Gasteiger partial charge in [0.2, 0.25) is 17.7 Å². The van der Waals surface area contributed by atoms with E-state index in [0.717, 1.165) is 25.8 Å². The summed E-state index contributed by atoms with van der Waals surface area (Å²) in [5, 5.41) is 5.36. The molecule has 2 rings (SSSR count). The number of piperidine rings is 1. The molecule has 6 nitrogen and oxygen atoms in total. The lowest BCUT2D eigenvalue weighted by atomic mass is 10.0. The zero-order valence-electron chi connectivity index (χ0n) is 9.86. The quantitative estimate of drug-likeness (QED) is 0.575. The molecule has 94 valence electrons. The topological polar surface area (TPSA) is 78.5 Å². The smallest absolute Gasteiger partial charge is 0.249 e. The van der Waals surface area contributed by atoms with Gasteiger partial charge in [0.15, 0.2) is 0 Å². The van der Waals surface area contributed by atoms with E-state index in [1.54, 1.807) is 6.92 Å². The van der Waals surface area contributed by atoms with E-state index < -0.39 is 17.9 Å². The van der Waals surface area contributed by atoms with Crippen molar-refractivity contribution >= 4 is 17.7 Å². The third-order valence-electron chi connectivity index (χ3n) is 3.32. The van der Waals surface area contributed by atoms with Crippen molar-refractivity contribution in [3.05, 3.63) is 0 Å². The van der Waals surface area contributed by atoms with Crippen molar-refractivity contribution in [2.75, 3.05) is 13.1 Å². The summed E-state index contributed by atoms with van der Waals surface area (Å²) in [4.78, 5) is 36.3. The summed E-state index contributed by atoms with van der Waals surface area (Å²) in [5.74, 6) is -0.942. The number of nitrogens with one attached hydrogen (secondary N) is 2. The first-order chi connectivity index (χ1) is 8.09. The molecule has 2 saturated heterocycles. The number of amides is 3. The Morgan fingerprint density at radius 2 is 2.12 bits per heavy atom. The second kappa shape index (κ2) is 4.83. The average Bonchev–Trinajstić information content (AvgIpc) is 2.34. The Bertz CT molecular complexity index is 350. The van der Waals surface area contributed by atoms with E-state index in [0.29, 0.717) is 0 Å². The first kappa shape index (κ1) is 12.0. The maximum Gasteiger partial charge on any atom is 0.249 e. The van der Waals surface area contributed by atoms with Gasteiger partial charge in [0.25, 0.3) is 0 Å². The molecule has 2 atom stereocenters. The Hall–Kier alpha value is -1.43. The lowest BCUT2D eigenvalue weighted by molar-refractivity contribution is -0.150. The molecule has 0 radical (unpaired) electrons. The van der Waals surface area contributed by atoms with Crippen LogP contribution in [-0.4, -0.2) is 47.8 Å². The molecule has 0 spiro atoms. The van der Waals surface area contributed by atoms with Crippen molar-refractivity contribution in [2.45, 2.75) is 38.3 Å². The number of hydrogen-bond donors (Lipinski definition) is 2. The SMILES string of the molecule is CC1C(=O)NC(=O)CN1C(=O)[C@@H]1CCCCN1. The molecule has 0 saturated carbocycles. The summed E-state index contributed by atoms with van der Waals surface area (Å²) in [6.07, 6.45) is 2.85. The lowest BCUT2D eigenvalue weighted by Gasteiger charge is -2.35. The molecule has 2 N–H and O–H groups in total. The summed E-state index contributed by atoms with van der Waals surface area (Å²) >= 11 is 0. The zero-order chi connectivity index (χ0) is 12.4. The van der Waals surface area contributed by atoms with Crippen LogP contribution in [0.2, 0.25) is 0 Å². The molecule has 17 heavy (non-hydrogen) atoms. The molecule has 2 aliphatic heterocycles. The first-order valence-corrected chi connectivity index (χ1v) is 5.97. The molecular formula is C11H17N3O3. The minimum absolute atomic E-state index is 0.0239. The van der Waals surface area contributed by atoms with Crippen LogP contribution in [0.15, 0.2) is 0 Å². The Labute approximate surface area is 99.7 Å². The van der Waals surface area contributed by atoms with Gasteiger partial charge in [0.05, 0.1) is 6.04 Å². The van der Waals surface area contributed by atoms with Gasteiger partial charge in [0.1, 0.15) is 12.6 Å². The number of rotatable bonds is 1. The van der Waals surface area contributed by atoms with Gasteiger partial charge < -0.3 is 10.2 Å². The van der Waals surface area contributed by atoms with Gasteiger partial charge in [-0.2, -0.15) is 0 Å². The molecule has 3 amide bonds. The Morgan fingerprint density at radius 3 is 2.76 bits per heavy atom. The summed E-state index contributed by atoms with van der Waals surface area (Å²) in [7, 11) is 0. The van der Waals surface area contributed by atoms with Crippen LogP contribution in [-0.2, 0) is 14.4 Å². The van der Waals surface area contributed by atoms with Gasteiger partial charge in [-0.1, -0.05) is 6.42 Å². The fraction of sp³-hybridized carbons (Fsp3) is 0.727. The normalized spacial score (nSPS) is 30.1. The molecule has 2 heterocycles.